The molecule has 3 aliphatic heterocycles. The average molecular weight is 1140 g/mol. The van der Waals surface area contributed by atoms with Crippen LogP contribution in [-0.4, -0.2) is 141 Å². The van der Waals surface area contributed by atoms with E-state index in [9.17, 15) is 38.8 Å². The number of halogens is 3. The summed E-state index contributed by atoms with van der Waals surface area (Å²) in [7, 11) is 0. The van der Waals surface area contributed by atoms with E-state index in [1.807, 2.05) is 32.0 Å². The number of fused-ring (bicyclic) bond motifs is 3. The van der Waals surface area contributed by atoms with E-state index in [2.05, 4.69) is 40.3 Å². The van der Waals surface area contributed by atoms with Gasteiger partial charge in [-0.15, -0.1) is 0 Å². The largest absolute Gasteiger partial charge is 0.454 e. The van der Waals surface area contributed by atoms with Crippen LogP contribution in [0.25, 0.3) is 22.3 Å². The smallest absolute Gasteiger partial charge is 0.387 e. The van der Waals surface area contributed by atoms with Crippen LogP contribution in [0, 0.1) is 11.8 Å². The molecule has 0 saturated carbocycles. The molecule has 12 atom stereocenters. The van der Waals surface area contributed by atoms with Crippen LogP contribution in [0.3, 0.4) is 0 Å². The van der Waals surface area contributed by atoms with Crippen molar-refractivity contribution >= 4 is 57.2 Å². The second kappa shape index (κ2) is 27.2. The standard InChI is InChI=1S/C27H36N6O6.C26H34ClF2N7O5/c1-2-15(3-5-18(29)26(36)31-9-7-16-4-6-19-20(12-16)38-14-37-19)11-21-23(34)24(35)27(39-21)33-13-32-22-17(28)8-10-30-25(22)33;1-2-13(3-5-16(30)24(39)32-8-7-14-4-6-17(15(27)9-14)41-26(28)29)10-18-20(37)21(38)25(40-18)36-12-35-19-22(31)33-11-34-23(19)36/h4,6,8,10,12-13,15,18,21,23-24,27,34-35H,2-3,5,7,9,11,14,29H2,1H3,(H2,28,30)(H,31,36);4,6,9,11-13,16,18,20-21,25-26,37-38H,2-3,5,7-8,10,30H2,1H3,(H,32,39)(H2,31,33,34)/t15-,18-,21+,23-,24?,27+;13-,16-,18+,20-,21?,25+/m00/s1. The summed E-state index contributed by atoms with van der Waals surface area (Å²) in [6.07, 6.45) is 4.12. The minimum absolute atomic E-state index is 0.0590. The molecule has 434 valence electrons. The molecule has 0 spiro atoms. The number of imidazole rings is 2. The number of aliphatic hydroxyl groups excluding tert-OH is 4. The molecule has 6 aromatic rings. The van der Waals surface area contributed by atoms with Gasteiger partial charge in [0.05, 0.1) is 47.7 Å². The lowest BCUT2D eigenvalue weighted by Gasteiger charge is -2.22. The van der Waals surface area contributed by atoms with E-state index in [1.165, 1.54) is 35.7 Å². The Morgan fingerprint density at radius 1 is 0.713 bits per heavy atom. The van der Waals surface area contributed by atoms with Gasteiger partial charge in [0.15, 0.2) is 41.1 Å². The highest BCUT2D eigenvalue weighted by Crippen LogP contribution is 2.38. The van der Waals surface area contributed by atoms with E-state index in [0.717, 1.165) is 35.5 Å². The number of hydrogen-bond acceptors (Lipinski definition) is 20. The van der Waals surface area contributed by atoms with Gasteiger partial charge >= 0.3 is 6.61 Å². The minimum Gasteiger partial charge on any atom is -0.454 e. The second-order valence-electron chi connectivity index (χ2n) is 20.2. The van der Waals surface area contributed by atoms with Crippen LogP contribution in [0.5, 0.6) is 17.2 Å². The van der Waals surface area contributed by atoms with Crippen molar-refractivity contribution in [1.29, 1.82) is 0 Å². The van der Waals surface area contributed by atoms with Crippen LogP contribution >= 0.6 is 11.6 Å². The maximum Gasteiger partial charge on any atom is 0.387 e. The number of aromatic nitrogens is 7. The molecule has 2 saturated heterocycles. The number of nitrogen functional groups attached to an aromatic ring is 2. The highest BCUT2D eigenvalue weighted by Gasteiger charge is 2.46. The lowest BCUT2D eigenvalue weighted by atomic mass is 9.90. The summed E-state index contributed by atoms with van der Waals surface area (Å²) in [4.78, 5) is 46.0. The molecular formula is C53H70ClF2N13O11. The fourth-order valence-corrected chi connectivity index (χ4v) is 10.4. The summed E-state index contributed by atoms with van der Waals surface area (Å²) in [6, 6.07) is 10.5. The van der Waals surface area contributed by atoms with E-state index in [4.69, 9.17) is 53.5 Å². The fourth-order valence-electron chi connectivity index (χ4n) is 10.1. The second-order valence-corrected chi connectivity index (χ2v) is 20.6. The third kappa shape index (κ3) is 14.3. The molecule has 80 heavy (non-hydrogen) atoms. The number of hydrogen-bond donors (Lipinski definition) is 10. The monoisotopic (exact) mass is 1140 g/mol. The van der Waals surface area contributed by atoms with E-state index >= 15 is 0 Å². The first-order valence-corrected chi connectivity index (χ1v) is 27.0. The van der Waals surface area contributed by atoms with Gasteiger partial charge in [-0.3, -0.25) is 18.7 Å². The highest BCUT2D eigenvalue weighted by atomic mass is 35.5. The maximum absolute atomic E-state index is 12.6. The van der Waals surface area contributed by atoms with E-state index in [1.54, 1.807) is 22.9 Å². The number of carbonyl (C=O) groups is 2. The Labute approximate surface area is 464 Å². The Kier molecular flexibility index (Phi) is 20.3. The molecule has 9 rings (SSSR count). The molecule has 0 aliphatic carbocycles. The van der Waals surface area contributed by atoms with Gasteiger partial charge in [-0.25, -0.2) is 24.9 Å². The summed E-state index contributed by atoms with van der Waals surface area (Å²) in [6.45, 7) is 2.06. The molecular weight excluding hydrogens is 1070 g/mol. The zero-order valence-electron chi connectivity index (χ0n) is 44.3. The first kappa shape index (κ1) is 59.5. The Hall–Kier alpha value is -6.62. The maximum atomic E-state index is 12.6. The molecule has 4 aromatic heterocycles. The van der Waals surface area contributed by atoms with Crippen molar-refractivity contribution in [2.24, 2.45) is 23.3 Å². The number of nitrogens with one attached hydrogen (secondary N) is 2. The Bertz CT molecular complexity index is 3030. The molecule has 2 fully saturated rings. The van der Waals surface area contributed by atoms with Crippen molar-refractivity contribution in [3.8, 4) is 17.2 Å². The van der Waals surface area contributed by atoms with Gasteiger partial charge in [0, 0.05) is 19.3 Å². The first-order chi connectivity index (χ1) is 38.4. The number of nitrogens with zero attached hydrogens (tertiary/aromatic N) is 7. The van der Waals surface area contributed by atoms with Crippen LogP contribution in [0.2, 0.25) is 5.02 Å². The molecule has 24 nitrogen and oxygen atoms in total. The van der Waals surface area contributed by atoms with Crippen LogP contribution in [-0.2, 0) is 31.9 Å². The number of ether oxygens (including phenoxy) is 5. The van der Waals surface area contributed by atoms with Crippen LogP contribution in [0.15, 0.2) is 67.6 Å². The number of benzene rings is 2. The Balaban J connectivity index is 0.000000210. The molecule has 2 aromatic carbocycles. The van der Waals surface area contributed by atoms with Crippen LogP contribution < -0.4 is 47.8 Å². The summed E-state index contributed by atoms with van der Waals surface area (Å²) >= 11 is 5.97. The quantitative estimate of drug-likeness (QED) is 0.0415. The predicted molar refractivity (Wildman–Crippen MR) is 289 cm³/mol. The molecule has 2 unspecified atom stereocenters. The number of carbonyl (C=O) groups excluding carboxylic acids is 2. The van der Waals surface area contributed by atoms with E-state index < -0.39 is 67.8 Å². The lowest BCUT2D eigenvalue weighted by Crippen LogP contribution is -2.41. The van der Waals surface area contributed by atoms with Gasteiger partial charge in [-0.2, -0.15) is 8.78 Å². The number of anilines is 2. The third-order valence-electron chi connectivity index (χ3n) is 14.9. The molecule has 14 N–H and O–H groups in total. The number of nitrogens with two attached hydrogens (primary N) is 4. The average Bonchev–Trinajstić information content (AvgIpc) is 4.36. The number of pyridine rings is 1. The number of alkyl halides is 2. The third-order valence-corrected chi connectivity index (χ3v) is 15.2. The number of rotatable bonds is 24. The predicted octanol–water partition coefficient (Wildman–Crippen LogP) is 3.41. The zero-order valence-corrected chi connectivity index (χ0v) is 45.0. The van der Waals surface area contributed by atoms with Gasteiger partial charge < -0.3 is 77.7 Å². The Morgan fingerprint density at radius 3 is 1.81 bits per heavy atom. The van der Waals surface area contributed by atoms with Gasteiger partial charge in [0.25, 0.3) is 0 Å². The summed E-state index contributed by atoms with van der Waals surface area (Å²) in [5.41, 5.74) is 28.2. The number of aliphatic hydroxyl groups is 4. The SMILES string of the molecule is CC[C@@H](CC[C@H](N)C(=O)NCCc1ccc(OC(F)F)c(Cl)c1)C[C@H]1O[C@@H](n2cnc3c(N)ncnc32)C(O)[C@H]1O.CC[C@@H](CC[C@H](N)C(=O)NCCc1ccc2c(c1)OCO2)C[C@H]1O[C@@H](n2cnc3c(N)ccnc32)C(O)[C@H]1O. The van der Waals surface area contributed by atoms with Gasteiger partial charge in [-0.1, -0.05) is 50.4 Å². The topological polar surface area (TPSA) is 364 Å². The van der Waals surface area contributed by atoms with Crippen molar-refractivity contribution < 1.29 is 62.5 Å². The van der Waals surface area contributed by atoms with E-state index in [0.29, 0.717) is 85.9 Å². The van der Waals surface area contributed by atoms with Crippen molar-refractivity contribution in [3.63, 3.8) is 0 Å². The minimum atomic E-state index is -2.97. The molecule has 0 radical (unpaired) electrons. The summed E-state index contributed by atoms with van der Waals surface area (Å²) in [5, 5.41) is 48.7. The van der Waals surface area contributed by atoms with Crippen molar-refractivity contribution in [1.82, 2.24) is 44.7 Å². The summed E-state index contributed by atoms with van der Waals surface area (Å²) < 4.78 is 55.1. The fraction of sp³-hybridized carbons (Fsp3) is 0.528. The molecule has 7 heterocycles. The normalized spacial score (nSPS) is 22.9. The van der Waals surface area contributed by atoms with Gasteiger partial charge in [0.1, 0.15) is 47.5 Å². The van der Waals surface area contributed by atoms with Crippen molar-refractivity contribution in [3.05, 3.63) is 83.8 Å². The zero-order chi connectivity index (χ0) is 57.2. The summed E-state index contributed by atoms with van der Waals surface area (Å²) in [5.74, 6) is 1.25. The Morgan fingerprint density at radius 2 is 1.25 bits per heavy atom. The lowest BCUT2D eigenvalue weighted by molar-refractivity contribution is -0.123. The van der Waals surface area contributed by atoms with Gasteiger partial charge in [-0.05, 0) is 105 Å². The molecule has 2 amide bonds. The van der Waals surface area contributed by atoms with E-state index in [-0.39, 0.29) is 53.6 Å². The molecule has 27 heteroatoms. The molecule has 3 aliphatic rings. The first-order valence-electron chi connectivity index (χ1n) is 26.7. The van der Waals surface area contributed by atoms with Crippen molar-refractivity contribution in [2.75, 3.05) is 31.3 Å². The van der Waals surface area contributed by atoms with Crippen LogP contribution in [0.1, 0.15) is 88.8 Å². The molecule has 0 bridgehead atoms. The number of amides is 2. The van der Waals surface area contributed by atoms with Crippen molar-refractivity contribution in [2.45, 2.75) is 146 Å². The van der Waals surface area contributed by atoms with Crippen LogP contribution in [0.4, 0.5) is 20.3 Å². The van der Waals surface area contributed by atoms with Gasteiger partial charge in [0.2, 0.25) is 18.6 Å². The highest BCUT2D eigenvalue weighted by molar-refractivity contribution is 6.32.